The molecule has 0 saturated carbocycles. The molecule has 2 aliphatic heterocycles. The van der Waals surface area contributed by atoms with Crippen molar-refractivity contribution in [3.63, 3.8) is 0 Å². The van der Waals surface area contributed by atoms with Crippen LogP contribution in [0.15, 0.2) is 0 Å². The first kappa shape index (κ1) is 8.02. The van der Waals surface area contributed by atoms with Crippen LogP contribution in [0.3, 0.4) is 0 Å². The summed E-state index contributed by atoms with van der Waals surface area (Å²) in [4.78, 5) is 0.592. The van der Waals surface area contributed by atoms with E-state index in [1.165, 1.54) is 37.0 Å². The Morgan fingerprint density at radius 2 is 2.00 bits per heavy atom. The van der Waals surface area contributed by atoms with E-state index in [1.807, 2.05) is 0 Å². The Morgan fingerprint density at radius 1 is 1.27 bits per heavy atom. The van der Waals surface area contributed by atoms with Crippen LogP contribution in [0.2, 0.25) is 0 Å². The molecule has 0 N–H and O–H groups in total. The van der Waals surface area contributed by atoms with Crippen LogP contribution in [0, 0.1) is 0 Å². The van der Waals surface area contributed by atoms with Crippen molar-refractivity contribution >= 4 is 15.9 Å². The monoisotopic (exact) mass is 220 g/mol. The third-order valence-corrected chi connectivity index (χ3v) is 3.32. The van der Waals surface area contributed by atoms with Crippen LogP contribution in [-0.4, -0.2) is 42.3 Å². The molecule has 2 heterocycles. The molecule has 3 heteroatoms. The van der Waals surface area contributed by atoms with Crippen LogP contribution in [0.1, 0.15) is 12.8 Å². The SMILES string of the molecule is BrC1COC[N+]2(CCCC2)C1. The van der Waals surface area contributed by atoms with E-state index in [0.717, 1.165) is 13.3 Å². The molecule has 2 nitrogen and oxygen atoms in total. The molecule has 2 fully saturated rings. The first-order chi connectivity index (χ1) is 5.31. The lowest BCUT2D eigenvalue weighted by Crippen LogP contribution is -2.54. The predicted octanol–water partition coefficient (Wildman–Crippen LogP) is 1.35. The van der Waals surface area contributed by atoms with E-state index in [-0.39, 0.29) is 0 Å². The Bertz CT molecular complexity index is 145. The van der Waals surface area contributed by atoms with E-state index >= 15 is 0 Å². The fourth-order valence-corrected chi connectivity index (χ4v) is 3.02. The summed E-state index contributed by atoms with van der Waals surface area (Å²) in [6.07, 6.45) is 2.78. The van der Waals surface area contributed by atoms with E-state index in [2.05, 4.69) is 15.9 Å². The summed E-state index contributed by atoms with van der Waals surface area (Å²) in [6, 6.07) is 0. The van der Waals surface area contributed by atoms with Crippen molar-refractivity contribution in [1.29, 1.82) is 0 Å². The fraction of sp³-hybridized carbons (Fsp3) is 1.00. The number of alkyl halides is 1. The van der Waals surface area contributed by atoms with Crippen molar-refractivity contribution in [3.8, 4) is 0 Å². The minimum Gasteiger partial charge on any atom is -0.330 e. The van der Waals surface area contributed by atoms with Crippen LogP contribution in [-0.2, 0) is 4.74 Å². The molecule has 0 amide bonds. The first-order valence-electron chi connectivity index (χ1n) is 4.38. The first-order valence-corrected chi connectivity index (χ1v) is 5.29. The number of hydrogen-bond donors (Lipinski definition) is 0. The molecule has 0 radical (unpaired) electrons. The van der Waals surface area contributed by atoms with Gasteiger partial charge in [0.25, 0.3) is 0 Å². The molecule has 1 unspecified atom stereocenters. The van der Waals surface area contributed by atoms with Gasteiger partial charge in [0, 0.05) is 12.8 Å². The van der Waals surface area contributed by atoms with Gasteiger partial charge in [-0.2, -0.15) is 0 Å². The van der Waals surface area contributed by atoms with Gasteiger partial charge in [0.05, 0.1) is 31.1 Å². The lowest BCUT2D eigenvalue weighted by molar-refractivity contribution is -0.940. The molecule has 2 saturated heterocycles. The highest BCUT2D eigenvalue weighted by Gasteiger charge is 2.37. The lowest BCUT2D eigenvalue weighted by atomic mass is 10.3. The molecule has 11 heavy (non-hydrogen) atoms. The molecule has 1 atom stereocenters. The van der Waals surface area contributed by atoms with Crippen molar-refractivity contribution in [2.24, 2.45) is 0 Å². The van der Waals surface area contributed by atoms with Gasteiger partial charge in [-0.15, -0.1) is 0 Å². The van der Waals surface area contributed by atoms with E-state index < -0.39 is 0 Å². The summed E-state index contributed by atoms with van der Waals surface area (Å²) in [5.74, 6) is 0. The van der Waals surface area contributed by atoms with Crippen LogP contribution in [0.25, 0.3) is 0 Å². The van der Waals surface area contributed by atoms with E-state index in [1.54, 1.807) is 0 Å². The van der Waals surface area contributed by atoms with Crippen molar-refractivity contribution in [2.45, 2.75) is 17.7 Å². The van der Waals surface area contributed by atoms with Gasteiger partial charge < -0.3 is 9.22 Å². The van der Waals surface area contributed by atoms with Crippen molar-refractivity contribution in [1.82, 2.24) is 0 Å². The van der Waals surface area contributed by atoms with Crippen LogP contribution >= 0.6 is 15.9 Å². The topological polar surface area (TPSA) is 9.23 Å². The van der Waals surface area contributed by atoms with Gasteiger partial charge in [-0.05, 0) is 0 Å². The fourth-order valence-electron chi connectivity index (χ4n) is 2.22. The second kappa shape index (κ2) is 3.04. The summed E-state index contributed by atoms with van der Waals surface area (Å²) < 4.78 is 6.76. The molecule has 2 rings (SSSR count). The summed E-state index contributed by atoms with van der Waals surface area (Å²) in [7, 11) is 0. The maximum absolute atomic E-state index is 5.54. The van der Waals surface area contributed by atoms with Crippen molar-refractivity contribution in [2.75, 3.05) is 33.0 Å². The number of halogens is 1. The molecule has 1 spiro atoms. The molecule has 0 aromatic carbocycles. The minimum atomic E-state index is 0.592. The van der Waals surface area contributed by atoms with Gasteiger partial charge in [0.1, 0.15) is 0 Å². The molecule has 2 aliphatic rings. The zero-order valence-electron chi connectivity index (χ0n) is 6.76. The Morgan fingerprint density at radius 3 is 2.64 bits per heavy atom. The summed E-state index contributed by atoms with van der Waals surface area (Å²) in [6.45, 7) is 5.81. The van der Waals surface area contributed by atoms with E-state index in [9.17, 15) is 0 Å². The van der Waals surface area contributed by atoms with Gasteiger partial charge in [-0.3, -0.25) is 0 Å². The summed E-state index contributed by atoms with van der Waals surface area (Å²) in [5.41, 5.74) is 0. The third-order valence-electron chi connectivity index (χ3n) is 2.76. The lowest BCUT2D eigenvalue weighted by Gasteiger charge is -2.39. The molecule has 0 aromatic heterocycles. The standard InChI is InChI=1S/C8H15BrNO/c9-8-5-10(7-11-6-8)3-1-2-4-10/h8H,1-7H2/q+1. The van der Waals surface area contributed by atoms with Crippen LogP contribution in [0.4, 0.5) is 0 Å². The van der Waals surface area contributed by atoms with Crippen LogP contribution < -0.4 is 0 Å². The zero-order chi connectivity index (χ0) is 7.73. The van der Waals surface area contributed by atoms with Gasteiger partial charge in [-0.25, -0.2) is 0 Å². The highest BCUT2D eigenvalue weighted by Crippen LogP contribution is 2.25. The molecule has 0 bridgehead atoms. The average molecular weight is 221 g/mol. The van der Waals surface area contributed by atoms with Gasteiger partial charge >= 0.3 is 0 Å². The zero-order valence-corrected chi connectivity index (χ0v) is 8.35. The van der Waals surface area contributed by atoms with Crippen molar-refractivity contribution < 1.29 is 9.22 Å². The summed E-state index contributed by atoms with van der Waals surface area (Å²) in [5, 5.41) is 0. The van der Waals surface area contributed by atoms with Gasteiger partial charge in [0.2, 0.25) is 0 Å². The number of hydrogen-bond acceptors (Lipinski definition) is 1. The van der Waals surface area contributed by atoms with Gasteiger partial charge in [0.15, 0.2) is 6.73 Å². The predicted molar refractivity (Wildman–Crippen MR) is 47.6 cm³/mol. The number of nitrogens with zero attached hydrogens (tertiary/aromatic N) is 1. The molecule has 0 aliphatic carbocycles. The second-order valence-electron chi connectivity index (χ2n) is 3.78. The average Bonchev–Trinajstić information content (AvgIpc) is 2.37. The quantitative estimate of drug-likeness (QED) is 0.443. The number of quaternary nitrogens is 1. The van der Waals surface area contributed by atoms with Crippen LogP contribution in [0.5, 0.6) is 0 Å². The van der Waals surface area contributed by atoms with Gasteiger partial charge in [-0.1, -0.05) is 15.9 Å². The number of ether oxygens (including phenoxy) is 1. The van der Waals surface area contributed by atoms with E-state index in [0.29, 0.717) is 4.83 Å². The molecule has 64 valence electrons. The number of rotatable bonds is 0. The highest BCUT2D eigenvalue weighted by molar-refractivity contribution is 9.09. The Labute approximate surface area is 76.2 Å². The maximum Gasteiger partial charge on any atom is 0.183 e. The summed E-state index contributed by atoms with van der Waals surface area (Å²) >= 11 is 3.63. The third kappa shape index (κ3) is 1.60. The second-order valence-corrected chi connectivity index (χ2v) is 5.07. The normalized spacial score (nSPS) is 36.3. The molecular formula is C8H15BrNO+. The maximum atomic E-state index is 5.54. The Balaban J connectivity index is 2.00. The Hall–Kier alpha value is 0.400. The minimum absolute atomic E-state index is 0.592. The molecule has 0 aromatic rings. The van der Waals surface area contributed by atoms with Crippen molar-refractivity contribution in [3.05, 3.63) is 0 Å². The Kier molecular flexibility index (Phi) is 2.21. The molecular weight excluding hydrogens is 206 g/mol. The van der Waals surface area contributed by atoms with E-state index in [4.69, 9.17) is 4.74 Å². The highest BCUT2D eigenvalue weighted by atomic mass is 79.9. The largest absolute Gasteiger partial charge is 0.330 e. The smallest absolute Gasteiger partial charge is 0.183 e.